The summed E-state index contributed by atoms with van der Waals surface area (Å²) < 4.78 is 5.21. The van der Waals surface area contributed by atoms with Gasteiger partial charge in [-0.25, -0.2) is 0 Å². The molecule has 1 rings (SSSR count). The topological polar surface area (TPSA) is 169 Å². The number of esters is 1. The monoisotopic (exact) mass is 491 g/mol. The maximum Gasteiger partial charge on any atom is 0.308 e. The average Bonchev–Trinajstić information content (AvgIpc) is 2.77. The third-order valence-corrected chi connectivity index (χ3v) is 4.79. The van der Waals surface area contributed by atoms with Crippen molar-refractivity contribution in [2.45, 2.75) is 60.2 Å². The third kappa shape index (κ3) is 10.6. The van der Waals surface area contributed by atoms with Crippen LogP contribution in [0.4, 0.5) is 5.69 Å². The van der Waals surface area contributed by atoms with Crippen LogP contribution >= 0.6 is 0 Å². The van der Waals surface area contributed by atoms with Crippen molar-refractivity contribution in [3.8, 4) is 0 Å². The van der Waals surface area contributed by atoms with Crippen LogP contribution in [-0.4, -0.2) is 54.8 Å². The maximum absolute atomic E-state index is 12.6. The van der Waals surface area contributed by atoms with Gasteiger partial charge in [-0.15, -0.1) is 0 Å². The first-order valence-electron chi connectivity index (χ1n) is 11.5. The number of carbonyl (C=O) groups is 5. The van der Waals surface area contributed by atoms with Gasteiger partial charge in [-0.1, -0.05) is 47.6 Å². The Balaban J connectivity index is 2.93. The van der Waals surface area contributed by atoms with Crippen LogP contribution in [0.5, 0.6) is 0 Å². The van der Waals surface area contributed by atoms with E-state index in [1.54, 1.807) is 19.9 Å². The van der Waals surface area contributed by atoms with Gasteiger partial charge in [0.15, 0.2) is 0 Å². The zero-order valence-corrected chi connectivity index (χ0v) is 21.2. The van der Waals surface area contributed by atoms with Gasteiger partial charge in [0.25, 0.3) is 5.91 Å². The van der Waals surface area contributed by atoms with Crippen LogP contribution in [0.25, 0.3) is 0 Å². The van der Waals surface area contributed by atoms with Crippen molar-refractivity contribution in [2.75, 3.05) is 18.4 Å². The van der Waals surface area contributed by atoms with Crippen LogP contribution in [0.15, 0.2) is 18.2 Å². The van der Waals surface area contributed by atoms with Crippen LogP contribution in [-0.2, 0) is 30.5 Å². The summed E-state index contributed by atoms with van der Waals surface area (Å²) in [7, 11) is 0. The summed E-state index contributed by atoms with van der Waals surface area (Å²) in [6.45, 7) is 10.2. The zero-order valence-electron chi connectivity index (χ0n) is 21.2. The van der Waals surface area contributed by atoms with E-state index in [0.29, 0.717) is 5.56 Å². The first-order chi connectivity index (χ1) is 16.3. The van der Waals surface area contributed by atoms with Crippen molar-refractivity contribution in [1.29, 1.82) is 0 Å². The lowest BCUT2D eigenvalue weighted by atomic mass is 10.0. The van der Waals surface area contributed by atoms with E-state index in [1.165, 1.54) is 12.1 Å². The molecule has 0 spiro atoms. The smallest absolute Gasteiger partial charge is 0.308 e. The number of amides is 4. The minimum atomic E-state index is -0.724. The molecular formula is C24H37N5O6. The Kier molecular flexibility index (Phi) is 11.9. The molecule has 11 heteroatoms. The molecule has 6 N–H and O–H groups in total. The standard InChI is InChI=1S/C24H37N5O6/c1-13(2)21(28-15(5)6)23(33)27-11-20(31)29-17-8-7-16(12-35-24(34)14(3)4)18(9-17)22(32)26-10-19(25)30/h7-9,13-15,21,28H,10-12H2,1-6H3,(H2,25,30)(H,26,32)(H,27,33)(H,29,31). The summed E-state index contributed by atoms with van der Waals surface area (Å²) in [6, 6.07) is 4.12. The van der Waals surface area contributed by atoms with E-state index < -0.39 is 29.7 Å². The molecule has 1 aromatic rings. The second-order valence-electron chi connectivity index (χ2n) is 9.09. The van der Waals surface area contributed by atoms with Gasteiger partial charge in [0.1, 0.15) is 6.61 Å². The largest absolute Gasteiger partial charge is 0.461 e. The zero-order chi connectivity index (χ0) is 26.7. The highest BCUT2D eigenvalue weighted by atomic mass is 16.5. The molecule has 0 saturated heterocycles. The second-order valence-corrected chi connectivity index (χ2v) is 9.09. The number of hydrogen-bond acceptors (Lipinski definition) is 7. The molecule has 0 bridgehead atoms. The maximum atomic E-state index is 12.6. The average molecular weight is 492 g/mol. The minimum absolute atomic E-state index is 0.0271. The molecule has 0 heterocycles. The number of carbonyl (C=O) groups excluding carboxylic acids is 5. The van der Waals surface area contributed by atoms with Crippen molar-refractivity contribution in [2.24, 2.45) is 17.6 Å². The van der Waals surface area contributed by atoms with E-state index in [9.17, 15) is 24.0 Å². The van der Waals surface area contributed by atoms with Crippen LogP contribution in [0.2, 0.25) is 0 Å². The fourth-order valence-electron chi connectivity index (χ4n) is 2.98. The van der Waals surface area contributed by atoms with Crippen molar-refractivity contribution >= 4 is 35.3 Å². The van der Waals surface area contributed by atoms with Crippen LogP contribution in [0, 0.1) is 11.8 Å². The Bertz CT molecular complexity index is 929. The van der Waals surface area contributed by atoms with Crippen molar-refractivity contribution in [3.05, 3.63) is 29.3 Å². The van der Waals surface area contributed by atoms with E-state index in [0.717, 1.165) is 0 Å². The van der Waals surface area contributed by atoms with Gasteiger partial charge in [0.05, 0.1) is 25.0 Å². The van der Waals surface area contributed by atoms with Gasteiger partial charge in [0, 0.05) is 22.9 Å². The van der Waals surface area contributed by atoms with E-state index in [4.69, 9.17) is 10.5 Å². The van der Waals surface area contributed by atoms with Gasteiger partial charge in [-0.05, 0) is 18.1 Å². The quantitative estimate of drug-likeness (QED) is 0.253. The molecule has 1 unspecified atom stereocenters. The molecule has 1 atom stereocenters. The van der Waals surface area contributed by atoms with Gasteiger partial charge in [-0.3, -0.25) is 24.0 Å². The minimum Gasteiger partial charge on any atom is -0.461 e. The highest BCUT2D eigenvalue weighted by Gasteiger charge is 2.23. The predicted octanol–water partition coefficient (Wildman–Crippen LogP) is 0.678. The molecule has 0 fully saturated rings. The highest BCUT2D eigenvalue weighted by molar-refractivity contribution is 6.00. The first kappa shape index (κ1) is 29.6. The fourth-order valence-corrected chi connectivity index (χ4v) is 2.98. The van der Waals surface area contributed by atoms with Gasteiger partial charge in [-0.2, -0.15) is 0 Å². The Hall–Kier alpha value is -3.47. The molecule has 0 aliphatic rings. The number of primary amides is 1. The second kappa shape index (κ2) is 14.1. The van der Waals surface area contributed by atoms with E-state index >= 15 is 0 Å². The molecule has 194 valence electrons. The van der Waals surface area contributed by atoms with Crippen LogP contribution in [0.1, 0.15) is 57.5 Å². The number of hydrogen-bond donors (Lipinski definition) is 5. The van der Waals surface area contributed by atoms with E-state index in [1.807, 2.05) is 27.7 Å². The molecule has 1 aromatic carbocycles. The van der Waals surface area contributed by atoms with Crippen molar-refractivity contribution < 1.29 is 28.7 Å². The summed E-state index contributed by atoms with van der Waals surface area (Å²) in [5, 5.41) is 10.8. The van der Waals surface area contributed by atoms with Gasteiger partial charge >= 0.3 is 5.97 Å². The Morgan fingerprint density at radius 3 is 2.14 bits per heavy atom. The third-order valence-electron chi connectivity index (χ3n) is 4.79. The number of rotatable bonds is 13. The Labute approximate surface area is 205 Å². The van der Waals surface area contributed by atoms with Crippen molar-refractivity contribution in [3.63, 3.8) is 0 Å². The molecular weight excluding hydrogens is 454 g/mol. The lowest BCUT2D eigenvalue weighted by molar-refractivity contribution is -0.148. The number of ether oxygens (including phenoxy) is 1. The normalized spacial score (nSPS) is 11.8. The van der Waals surface area contributed by atoms with Crippen LogP contribution < -0.4 is 27.0 Å². The summed E-state index contributed by atoms with van der Waals surface area (Å²) in [4.78, 5) is 60.4. The molecule has 0 aromatic heterocycles. The Morgan fingerprint density at radius 1 is 0.943 bits per heavy atom. The summed E-state index contributed by atoms with van der Waals surface area (Å²) in [5.41, 5.74) is 5.86. The molecule has 0 saturated carbocycles. The summed E-state index contributed by atoms with van der Waals surface area (Å²) >= 11 is 0. The number of nitrogens with two attached hydrogens (primary N) is 1. The Morgan fingerprint density at radius 2 is 1.60 bits per heavy atom. The molecule has 4 amide bonds. The number of anilines is 1. The molecule has 0 aliphatic carbocycles. The molecule has 0 radical (unpaired) electrons. The summed E-state index contributed by atoms with van der Waals surface area (Å²) in [6.07, 6.45) is 0. The number of benzene rings is 1. The molecule has 35 heavy (non-hydrogen) atoms. The fraction of sp³-hybridized carbons (Fsp3) is 0.542. The molecule has 0 aliphatic heterocycles. The lowest BCUT2D eigenvalue weighted by Gasteiger charge is -2.23. The molecule has 11 nitrogen and oxygen atoms in total. The number of nitrogens with one attached hydrogen (secondary N) is 4. The lowest BCUT2D eigenvalue weighted by Crippen LogP contribution is -2.51. The predicted molar refractivity (Wildman–Crippen MR) is 131 cm³/mol. The highest BCUT2D eigenvalue weighted by Crippen LogP contribution is 2.18. The van der Waals surface area contributed by atoms with E-state index in [2.05, 4.69) is 21.3 Å². The first-order valence-corrected chi connectivity index (χ1v) is 11.5. The summed E-state index contributed by atoms with van der Waals surface area (Å²) in [5.74, 6) is -2.89. The van der Waals surface area contributed by atoms with Crippen LogP contribution in [0.3, 0.4) is 0 Å². The van der Waals surface area contributed by atoms with E-state index in [-0.39, 0.29) is 54.7 Å². The van der Waals surface area contributed by atoms with Crippen molar-refractivity contribution in [1.82, 2.24) is 16.0 Å². The SMILES string of the molecule is CC(C)NC(C(=O)NCC(=O)Nc1ccc(COC(=O)C(C)C)c(C(=O)NCC(N)=O)c1)C(C)C. The van der Waals surface area contributed by atoms with Gasteiger partial charge in [0.2, 0.25) is 17.7 Å². The van der Waals surface area contributed by atoms with Gasteiger partial charge < -0.3 is 31.7 Å².